The molecule has 0 saturated heterocycles. The molecule has 0 N–H and O–H groups in total. The maximum atomic E-state index is 2.41. The van der Waals surface area contributed by atoms with E-state index in [1.807, 2.05) is 21.6 Å². The second-order valence-corrected chi connectivity index (χ2v) is 21.0. The molecule has 0 aliphatic carbocycles. The van der Waals surface area contributed by atoms with Crippen LogP contribution < -0.4 is 0 Å². The molecular formula is C26H22S2Te2. The Kier molecular flexibility index (Phi) is 9.14. The molecule has 0 unspecified atom stereocenters. The van der Waals surface area contributed by atoms with Gasteiger partial charge in [-0.3, -0.25) is 0 Å². The Bertz CT molecular complexity index is 1050. The van der Waals surface area contributed by atoms with Gasteiger partial charge in [-0.25, -0.2) is 0 Å². The Balaban J connectivity index is 1.34. The molecule has 0 radical (unpaired) electrons. The van der Waals surface area contributed by atoms with E-state index in [2.05, 4.69) is 109 Å². The van der Waals surface area contributed by atoms with Gasteiger partial charge < -0.3 is 0 Å². The Hall–Kier alpha value is -0.841. The number of benzene rings is 4. The van der Waals surface area contributed by atoms with Gasteiger partial charge in [0.25, 0.3) is 0 Å². The first kappa shape index (κ1) is 22.4. The van der Waals surface area contributed by atoms with Crippen molar-refractivity contribution in [1.82, 2.24) is 0 Å². The molecule has 0 nitrogen and oxygen atoms in total. The molecule has 0 aliphatic heterocycles. The van der Waals surface area contributed by atoms with Crippen LogP contribution in [0, 0.1) is 0 Å². The molecule has 0 heterocycles. The van der Waals surface area contributed by atoms with Gasteiger partial charge in [0.2, 0.25) is 0 Å². The molecule has 0 bridgehead atoms. The monoisotopic (exact) mass is 658 g/mol. The van der Waals surface area contributed by atoms with E-state index >= 15 is 0 Å². The number of rotatable bonds is 9. The van der Waals surface area contributed by atoms with Gasteiger partial charge in [0.15, 0.2) is 0 Å². The minimum absolute atomic E-state index is 0.134. The molecule has 4 rings (SSSR count). The van der Waals surface area contributed by atoms with Crippen molar-refractivity contribution in [2.75, 3.05) is 0 Å². The van der Waals surface area contributed by atoms with Crippen LogP contribution in [0.15, 0.2) is 119 Å². The first-order valence-electron chi connectivity index (χ1n) is 9.74. The van der Waals surface area contributed by atoms with Crippen LogP contribution in [0.1, 0.15) is 11.1 Å². The summed E-state index contributed by atoms with van der Waals surface area (Å²) in [4.78, 5) is 2.59. The zero-order valence-corrected chi connectivity index (χ0v) is 22.7. The molecule has 150 valence electrons. The fourth-order valence-corrected chi connectivity index (χ4v) is 15.6. The quantitative estimate of drug-likeness (QED) is 0.107. The molecule has 0 atom stereocenters. The summed E-state index contributed by atoms with van der Waals surface area (Å²) in [7, 11) is 3.65. The summed E-state index contributed by atoms with van der Waals surface area (Å²) in [6, 6.07) is 39.7. The summed E-state index contributed by atoms with van der Waals surface area (Å²) in [5, 5.41) is 0. The van der Waals surface area contributed by atoms with Crippen LogP contribution in [0.25, 0.3) is 11.1 Å². The van der Waals surface area contributed by atoms with Gasteiger partial charge in [-0.15, -0.1) is 0 Å². The van der Waals surface area contributed by atoms with Crippen LogP contribution in [0.3, 0.4) is 0 Å². The molecule has 0 amide bonds. The van der Waals surface area contributed by atoms with Gasteiger partial charge in [-0.05, 0) is 0 Å². The molecule has 4 heteroatoms. The van der Waals surface area contributed by atoms with E-state index in [9.17, 15) is 0 Å². The molecule has 0 aliphatic rings. The van der Waals surface area contributed by atoms with Gasteiger partial charge in [-0.2, -0.15) is 0 Å². The molecule has 0 fully saturated rings. The van der Waals surface area contributed by atoms with Gasteiger partial charge in [0.05, 0.1) is 0 Å². The fraction of sp³-hybridized carbons (Fsp3) is 0.0769. The molecular weight excluding hydrogens is 632 g/mol. The summed E-state index contributed by atoms with van der Waals surface area (Å²) < 4.78 is 2.68. The maximum absolute atomic E-state index is 2.41. The van der Waals surface area contributed by atoms with Crippen molar-refractivity contribution in [2.45, 2.75) is 18.7 Å². The average molecular weight is 654 g/mol. The van der Waals surface area contributed by atoms with E-state index in [1.165, 1.54) is 41.0 Å². The van der Waals surface area contributed by atoms with Crippen molar-refractivity contribution in [3.8, 4) is 11.1 Å². The van der Waals surface area contributed by atoms with E-state index in [-0.39, 0.29) is 34.1 Å². The first-order chi connectivity index (χ1) is 14.9. The third-order valence-corrected chi connectivity index (χ3v) is 17.6. The summed E-state index contributed by atoms with van der Waals surface area (Å²) in [5.41, 5.74) is 5.71. The second kappa shape index (κ2) is 12.3. The summed E-state index contributed by atoms with van der Waals surface area (Å²) in [6.07, 6.45) is 0. The first-order valence-corrected chi connectivity index (χ1v) is 22.5. The topological polar surface area (TPSA) is 0 Å². The third-order valence-electron chi connectivity index (χ3n) is 4.45. The zero-order valence-electron chi connectivity index (χ0n) is 16.4. The van der Waals surface area contributed by atoms with Crippen LogP contribution >= 0.6 is 21.6 Å². The standard InChI is InChI=1S/C26H22S2Te2/c1-3-9-21(10-4-1)19-29-30-20-22-11-7-12-23(17-22)24-13-8-16-26(18-24)28-27-25-14-5-2-6-15-25/h1-18H,19-20H2. The normalized spacial score (nSPS) is 10.8. The predicted molar refractivity (Wildman–Crippen MR) is 135 cm³/mol. The van der Waals surface area contributed by atoms with Crippen molar-refractivity contribution in [1.29, 1.82) is 0 Å². The van der Waals surface area contributed by atoms with Crippen LogP contribution in [-0.4, -0.2) is 34.1 Å². The van der Waals surface area contributed by atoms with Gasteiger partial charge in [0.1, 0.15) is 0 Å². The minimum atomic E-state index is 0.134. The molecule has 4 aromatic rings. The van der Waals surface area contributed by atoms with Crippen LogP contribution in [0.4, 0.5) is 0 Å². The Morgan fingerprint density at radius 1 is 0.467 bits per heavy atom. The van der Waals surface area contributed by atoms with Crippen LogP contribution in [0.2, 0.25) is 0 Å². The molecule has 4 aromatic carbocycles. The molecule has 0 aromatic heterocycles. The van der Waals surface area contributed by atoms with Crippen LogP contribution in [-0.2, 0) is 8.94 Å². The Morgan fingerprint density at radius 2 is 1.00 bits per heavy atom. The summed E-state index contributed by atoms with van der Waals surface area (Å²) in [5.74, 6) is 0. The SMILES string of the molecule is c1ccc(C[Te][Te]Cc2cccc(-c3cccc(SSc4ccccc4)c3)c2)cc1. The average Bonchev–Trinajstić information content (AvgIpc) is 2.82. The molecule has 0 spiro atoms. The predicted octanol–water partition coefficient (Wildman–Crippen LogP) is 7.18. The van der Waals surface area contributed by atoms with E-state index in [0.717, 1.165) is 0 Å². The van der Waals surface area contributed by atoms with Crippen molar-refractivity contribution in [3.05, 3.63) is 120 Å². The zero-order chi connectivity index (χ0) is 20.4. The fourth-order valence-electron chi connectivity index (χ4n) is 2.93. The van der Waals surface area contributed by atoms with E-state index in [1.54, 1.807) is 0 Å². The second-order valence-electron chi connectivity index (χ2n) is 6.72. The van der Waals surface area contributed by atoms with Gasteiger partial charge in [0, 0.05) is 0 Å². The van der Waals surface area contributed by atoms with E-state index in [4.69, 9.17) is 0 Å². The van der Waals surface area contributed by atoms with Crippen molar-refractivity contribution < 1.29 is 0 Å². The van der Waals surface area contributed by atoms with Gasteiger partial charge in [-0.1, -0.05) is 6.07 Å². The van der Waals surface area contributed by atoms with E-state index < -0.39 is 0 Å². The Labute approximate surface area is 204 Å². The van der Waals surface area contributed by atoms with E-state index in [0.29, 0.717) is 0 Å². The van der Waals surface area contributed by atoms with Crippen molar-refractivity contribution >= 4 is 55.7 Å². The molecule has 30 heavy (non-hydrogen) atoms. The van der Waals surface area contributed by atoms with Crippen molar-refractivity contribution in [2.24, 2.45) is 0 Å². The number of hydrogen-bond donors (Lipinski definition) is 0. The number of hydrogen-bond acceptors (Lipinski definition) is 2. The van der Waals surface area contributed by atoms with Gasteiger partial charge >= 0.3 is 200 Å². The Morgan fingerprint density at radius 3 is 1.77 bits per heavy atom. The summed E-state index contributed by atoms with van der Waals surface area (Å²) in [6.45, 7) is 0. The third kappa shape index (κ3) is 7.10. The molecule has 0 saturated carbocycles. The van der Waals surface area contributed by atoms with Crippen LogP contribution in [0.5, 0.6) is 0 Å². The summed E-state index contributed by atoms with van der Waals surface area (Å²) >= 11 is 0.295. The van der Waals surface area contributed by atoms with Crippen molar-refractivity contribution in [3.63, 3.8) is 0 Å².